The number of ether oxygens (including phenoxy) is 1. The molecule has 0 spiro atoms. The first-order valence-electron chi connectivity index (χ1n) is 6.41. The summed E-state index contributed by atoms with van der Waals surface area (Å²) in [7, 11) is 1.78. The van der Waals surface area contributed by atoms with Crippen LogP contribution >= 0.6 is 0 Å². The van der Waals surface area contributed by atoms with Crippen LogP contribution in [-0.2, 0) is 4.74 Å². The fourth-order valence-electron chi connectivity index (χ4n) is 3.03. The molecule has 2 atom stereocenters. The monoisotopic (exact) mass is 213 g/mol. The molecule has 1 aliphatic rings. The van der Waals surface area contributed by atoms with Crippen molar-refractivity contribution in [3.63, 3.8) is 0 Å². The Balaban J connectivity index is 2.31. The lowest BCUT2D eigenvalue weighted by atomic mass is 9.67. The molecule has 0 radical (unpaired) electrons. The zero-order valence-corrected chi connectivity index (χ0v) is 10.4. The van der Waals surface area contributed by atoms with Gasteiger partial charge >= 0.3 is 0 Å². The third-order valence-corrected chi connectivity index (χ3v) is 3.92. The second-order valence-electron chi connectivity index (χ2n) is 5.36. The fraction of sp³-hybridized carbons (Fsp3) is 1.00. The van der Waals surface area contributed by atoms with Gasteiger partial charge in [0.25, 0.3) is 0 Å². The minimum Gasteiger partial charge on any atom is -0.385 e. The van der Waals surface area contributed by atoms with E-state index in [9.17, 15) is 0 Å². The molecule has 1 aliphatic carbocycles. The summed E-state index contributed by atoms with van der Waals surface area (Å²) >= 11 is 0. The number of hydrogen-bond acceptors (Lipinski definition) is 2. The molecule has 2 heteroatoms. The van der Waals surface area contributed by atoms with Gasteiger partial charge in [0.05, 0.1) is 0 Å². The van der Waals surface area contributed by atoms with Crippen LogP contribution in [0.3, 0.4) is 0 Å². The Morgan fingerprint density at radius 3 is 2.80 bits per heavy atom. The maximum absolute atomic E-state index is 5.98. The maximum Gasteiger partial charge on any atom is 0.0462 e. The summed E-state index contributed by atoms with van der Waals surface area (Å²) in [6.45, 7) is 4.15. The first-order valence-corrected chi connectivity index (χ1v) is 6.41. The molecule has 2 N–H and O–H groups in total. The van der Waals surface area contributed by atoms with Crippen LogP contribution in [0.1, 0.15) is 51.9 Å². The van der Waals surface area contributed by atoms with Gasteiger partial charge in [0.1, 0.15) is 0 Å². The summed E-state index contributed by atoms with van der Waals surface area (Å²) in [5.41, 5.74) is 6.45. The highest BCUT2D eigenvalue weighted by Crippen LogP contribution is 2.42. The van der Waals surface area contributed by atoms with Crippen molar-refractivity contribution in [2.45, 2.75) is 51.9 Å². The molecule has 1 fully saturated rings. The van der Waals surface area contributed by atoms with Crippen molar-refractivity contribution in [2.24, 2.45) is 17.1 Å². The highest BCUT2D eigenvalue weighted by atomic mass is 16.5. The highest BCUT2D eigenvalue weighted by molar-refractivity contribution is 4.86. The smallest absolute Gasteiger partial charge is 0.0462 e. The van der Waals surface area contributed by atoms with Gasteiger partial charge in [-0.05, 0) is 43.6 Å². The molecule has 15 heavy (non-hydrogen) atoms. The molecule has 0 saturated heterocycles. The number of nitrogens with two attached hydrogens (primary N) is 1. The molecule has 0 aromatic rings. The van der Waals surface area contributed by atoms with E-state index < -0.39 is 0 Å². The van der Waals surface area contributed by atoms with E-state index in [1.807, 2.05) is 0 Å². The molecule has 1 rings (SSSR count). The molecular formula is C13H27NO. The van der Waals surface area contributed by atoms with Gasteiger partial charge in [-0.1, -0.05) is 26.2 Å². The van der Waals surface area contributed by atoms with Crippen LogP contribution in [0, 0.1) is 11.3 Å². The van der Waals surface area contributed by atoms with E-state index in [4.69, 9.17) is 10.5 Å². The second kappa shape index (κ2) is 6.49. The maximum atomic E-state index is 5.98. The van der Waals surface area contributed by atoms with E-state index in [1.165, 1.54) is 44.9 Å². The third kappa shape index (κ3) is 4.12. The summed E-state index contributed by atoms with van der Waals surface area (Å²) in [5, 5.41) is 0. The van der Waals surface area contributed by atoms with Gasteiger partial charge in [-0.3, -0.25) is 0 Å². The SMILES string of the molecule is COCCCCC1(CN)CCCC(C)C1. The highest BCUT2D eigenvalue weighted by Gasteiger charge is 2.32. The summed E-state index contributed by atoms with van der Waals surface area (Å²) < 4.78 is 5.09. The minimum atomic E-state index is 0.464. The van der Waals surface area contributed by atoms with Gasteiger partial charge in [0, 0.05) is 13.7 Å². The molecule has 2 nitrogen and oxygen atoms in total. The van der Waals surface area contributed by atoms with Crippen LogP contribution in [-0.4, -0.2) is 20.3 Å². The Hall–Kier alpha value is -0.0800. The van der Waals surface area contributed by atoms with Crippen molar-refractivity contribution in [1.29, 1.82) is 0 Å². The van der Waals surface area contributed by atoms with Crippen LogP contribution in [0.15, 0.2) is 0 Å². The molecule has 0 bridgehead atoms. The van der Waals surface area contributed by atoms with Crippen LogP contribution in [0.2, 0.25) is 0 Å². The summed E-state index contributed by atoms with van der Waals surface area (Å²) in [6, 6.07) is 0. The largest absolute Gasteiger partial charge is 0.385 e. The zero-order valence-electron chi connectivity index (χ0n) is 10.4. The quantitative estimate of drug-likeness (QED) is 0.688. The molecule has 0 heterocycles. The average Bonchev–Trinajstić information content (AvgIpc) is 2.25. The van der Waals surface area contributed by atoms with Gasteiger partial charge in [0.2, 0.25) is 0 Å². The van der Waals surface area contributed by atoms with Gasteiger partial charge in [0.15, 0.2) is 0 Å². The van der Waals surface area contributed by atoms with E-state index in [1.54, 1.807) is 7.11 Å². The topological polar surface area (TPSA) is 35.2 Å². The molecule has 90 valence electrons. The lowest BCUT2D eigenvalue weighted by molar-refractivity contribution is 0.129. The Kier molecular flexibility index (Phi) is 5.62. The predicted octanol–water partition coefficient (Wildman–Crippen LogP) is 2.96. The Morgan fingerprint density at radius 2 is 2.20 bits per heavy atom. The van der Waals surface area contributed by atoms with E-state index in [0.717, 1.165) is 19.1 Å². The predicted molar refractivity (Wildman–Crippen MR) is 64.8 cm³/mol. The van der Waals surface area contributed by atoms with Gasteiger partial charge < -0.3 is 10.5 Å². The number of methoxy groups -OCH3 is 1. The Bertz CT molecular complexity index is 172. The molecule has 1 saturated carbocycles. The first kappa shape index (κ1) is 13.0. The van der Waals surface area contributed by atoms with Crippen LogP contribution in [0.25, 0.3) is 0 Å². The normalized spacial score (nSPS) is 31.8. The second-order valence-corrected chi connectivity index (χ2v) is 5.36. The number of unbranched alkanes of at least 4 members (excludes halogenated alkanes) is 1. The standard InChI is InChI=1S/C13H27NO/c1-12-6-5-8-13(10-12,11-14)7-3-4-9-15-2/h12H,3-11,14H2,1-2H3. The van der Waals surface area contributed by atoms with Crippen molar-refractivity contribution in [3.8, 4) is 0 Å². The van der Waals surface area contributed by atoms with E-state index >= 15 is 0 Å². The molecular weight excluding hydrogens is 186 g/mol. The number of rotatable bonds is 6. The third-order valence-electron chi connectivity index (χ3n) is 3.92. The van der Waals surface area contributed by atoms with Crippen molar-refractivity contribution >= 4 is 0 Å². The van der Waals surface area contributed by atoms with E-state index in [-0.39, 0.29) is 0 Å². The zero-order chi connectivity index (χ0) is 11.1. The average molecular weight is 213 g/mol. The molecule has 0 aromatic heterocycles. The molecule has 0 aromatic carbocycles. The van der Waals surface area contributed by atoms with Crippen LogP contribution in [0.4, 0.5) is 0 Å². The minimum absolute atomic E-state index is 0.464. The van der Waals surface area contributed by atoms with E-state index in [0.29, 0.717) is 5.41 Å². The van der Waals surface area contributed by atoms with Gasteiger partial charge in [-0.15, -0.1) is 0 Å². The van der Waals surface area contributed by atoms with Crippen LogP contribution < -0.4 is 5.73 Å². The molecule has 0 aliphatic heterocycles. The van der Waals surface area contributed by atoms with Gasteiger partial charge in [-0.25, -0.2) is 0 Å². The van der Waals surface area contributed by atoms with Crippen molar-refractivity contribution in [3.05, 3.63) is 0 Å². The first-order chi connectivity index (χ1) is 7.22. The molecule has 2 unspecified atom stereocenters. The van der Waals surface area contributed by atoms with Crippen molar-refractivity contribution in [2.75, 3.05) is 20.3 Å². The van der Waals surface area contributed by atoms with Gasteiger partial charge in [-0.2, -0.15) is 0 Å². The van der Waals surface area contributed by atoms with Crippen LogP contribution in [0.5, 0.6) is 0 Å². The number of hydrogen-bond donors (Lipinski definition) is 1. The lowest BCUT2D eigenvalue weighted by Gasteiger charge is -2.39. The summed E-state index contributed by atoms with van der Waals surface area (Å²) in [5.74, 6) is 0.879. The lowest BCUT2D eigenvalue weighted by Crippen LogP contribution is -2.35. The Morgan fingerprint density at radius 1 is 1.40 bits per heavy atom. The summed E-state index contributed by atoms with van der Waals surface area (Å²) in [6.07, 6.45) is 9.24. The fourth-order valence-corrected chi connectivity index (χ4v) is 3.03. The van der Waals surface area contributed by atoms with E-state index in [2.05, 4.69) is 6.92 Å². The Labute approximate surface area is 94.6 Å². The summed E-state index contributed by atoms with van der Waals surface area (Å²) in [4.78, 5) is 0. The van der Waals surface area contributed by atoms with Crippen molar-refractivity contribution in [1.82, 2.24) is 0 Å². The van der Waals surface area contributed by atoms with Crippen molar-refractivity contribution < 1.29 is 4.74 Å². The molecule has 0 amide bonds.